The molecule has 4 heteroatoms. The van der Waals surface area contributed by atoms with E-state index in [0.29, 0.717) is 25.0 Å². The van der Waals surface area contributed by atoms with Crippen LogP contribution in [0.4, 0.5) is 0 Å². The minimum atomic E-state index is -0.105. The summed E-state index contributed by atoms with van der Waals surface area (Å²) in [6, 6.07) is 16.9. The van der Waals surface area contributed by atoms with E-state index in [2.05, 4.69) is 76.2 Å². The van der Waals surface area contributed by atoms with Gasteiger partial charge in [-0.05, 0) is 48.2 Å². The van der Waals surface area contributed by atoms with Crippen molar-refractivity contribution < 1.29 is 18.9 Å². The van der Waals surface area contributed by atoms with Crippen LogP contribution in [0.5, 0.6) is 11.5 Å². The second kappa shape index (κ2) is 9.62. The molecule has 4 nitrogen and oxygen atoms in total. The van der Waals surface area contributed by atoms with E-state index >= 15 is 0 Å². The van der Waals surface area contributed by atoms with Crippen LogP contribution in [-0.4, -0.2) is 38.6 Å². The van der Waals surface area contributed by atoms with Crippen molar-refractivity contribution in [3.8, 4) is 11.5 Å². The Labute approximate surface area is 186 Å². The van der Waals surface area contributed by atoms with E-state index in [9.17, 15) is 0 Å². The molecular weight excluding hydrogens is 388 g/mol. The maximum Gasteiger partial charge on any atom is 0.119 e. The van der Waals surface area contributed by atoms with Gasteiger partial charge in [-0.25, -0.2) is 0 Å². The molecule has 0 radical (unpaired) electrons. The van der Waals surface area contributed by atoms with Gasteiger partial charge in [0, 0.05) is 17.3 Å². The molecule has 0 spiro atoms. The average molecular weight is 425 g/mol. The van der Waals surface area contributed by atoms with Gasteiger partial charge in [-0.15, -0.1) is 0 Å². The van der Waals surface area contributed by atoms with E-state index in [4.69, 9.17) is 18.9 Å². The molecule has 31 heavy (non-hydrogen) atoms. The van der Waals surface area contributed by atoms with Gasteiger partial charge in [0.1, 0.15) is 24.7 Å². The van der Waals surface area contributed by atoms with Crippen LogP contribution in [0.25, 0.3) is 0 Å². The minimum absolute atomic E-state index is 0.105. The molecule has 2 saturated heterocycles. The second-order valence-corrected chi connectivity index (χ2v) is 9.38. The summed E-state index contributed by atoms with van der Waals surface area (Å²) >= 11 is 0. The highest BCUT2D eigenvalue weighted by Gasteiger charge is 2.32. The lowest BCUT2D eigenvalue weighted by molar-refractivity contribution is -0.131. The summed E-state index contributed by atoms with van der Waals surface area (Å²) in [7, 11) is 0. The quantitative estimate of drug-likeness (QED) is 0.496. The van der Waals surface area contributed by atoms with Crippen molar-refractivity contribution in [3.05, 3.63) is 59.7 Å². The zero-order valence-corrected chi connectivity index (χ0v) is 19.3. The summed E-state index contributed by atoms with van der Waals surface area (Å²) in [4.78, 5) is 0. The molecule has 4 atom stereocenters. The van der Waals surface area contributed by atoms with Crippen LogP contribution >= 0.6 is 0 Å². The molecule has 0 amide bonds. The zero-order valence-electron chi connectivity index (χ0n) is 19.3. The largest absolute Gasteiger partial charge is 0.491 e. The van der Waals surface area contributed by atoms with Crippen LogP contribution < -0.4 is 9.47 Å². The van der Waals surface area contributed by atoms with Crippen LogP contribution in [0.1, 0.15) is 51.7 Å². The monoisotopic (exact) mass is 424 g/mol. The van der Waals surface area contributed by atoms with Gasteiger partial charge in [-0.1, -0.05) is 52.0 Å². The van der Waals surface area contributed by atoms with E-state index in [-0.39, 0.29) is 17.6 Å². The smallest absolute Gasteiger partial charge is 0.119 e. The summed E-state index contributed by atoms with van der Waals surface area (Å²) < 4.78 is 23.1. The number of benzene rings is 2. The van der Waals surface area contributed by atoms with Gasteiger partial charge >= 0.3 is 0 Å². The van der Waals surface area contributed by atoms with Crippen LogP contribution in [-0.2, 0) is 14.9 Å². The fraction of sp³-hybridized carbons (Fsp3) is 0.556. The molecule has 0 aliphatic carbocycles. The number of hydrogen-bond donors (Lipinski definition) is 0. The minimum Gasteiger partial charge on any atom is -0.491 e. The molecule has 4 rings (SSSR count). The first-order valence-electron chi connectivity index (χ1n) is 11.7. The lowest BCUT2D eigenvalue weighted by Gasteiger charge is -2.36. The Morgan fingerprint density at radius 2 is 1.10 bits per heavy atom. The van der Waals surface area contributed by atoms with Gasteiger partial charge in [0.25, 0.3) is 0 Å². The third kappa shape index (κ3) is 4.91. The van der Waals surface area contributed by atoms with Crippen molar-refractivity contribution in [2.24, 2.45) is 11.8 Å². The van der Waals surface area contributed by atoms with E-state index in [1.165, 1.54) is 11.1 Å². The first-order chi connectivity index (χ1) is 15.0. The Balaban J connectivity index is 1.32. The predicted molar refractivity (Wildman–Crippen MR) is 123 cm³/mol. The number of rotatable bonds is 10. The van der Waals surface area contributed by atoms with Gasteiger partial charge in [0.15, 0.2) is 0 Å². The number of hydrogen-bond acceptors (Lipinski definition) is 4. The Morgan fingerprint density at radius 3 is 1.39 bits per heavy atom. The zero-order chi connectivity index (χ0) is 21.8. The van der Waals surface area contributed by atoms with Gasteiger partial charge in [-0.3, -0.25) is 0 Å². The Morgan fingerprint density at radius 1 is 0.710 bits per heavy atom. The van der Waals surface area contributed by atoms with Gasteiger partial charge < -0.3 is 18.9 Å². The lowest BCUT2D eigenvalue weighted by atomic mass is 9.78. The van der Waals surface area contributed by atoms with Crippen LogP contribution in [0.2, 0.25) is 0 Å². The Hall–Kier alpha value is -2.04. The highest BCUT2D eigenvalue weighted by molar-refractivity contribution is 5.41. The van der Waals surface area contributed by atoms with Crippen molar-refractivity contribution in [1.82, 2.24) is 0 Å². The van der Waals surface area contributed by atoms with Crippen molar-refractivity contribution in [1.29, 1.82) is 0 Å². The molecular formula is C27H36O4. The summed E-state index contributed by atoms with van der Waals surface area (Å²) in [5, 5.41) is 0. The SMILES string of the molecule is CCC1COC1COc1ccc(C(C)(C)c2ccc(OCC3OCC3CC)cc2)cc1. The average Bonchev–Trinajstić information content (AvgIpc) is 2.74. The van der Waals surface area contributed by atoms with Gasteiger partial charge in [0.2, 0.25) is 0 Å². The van der Waals surface area contributed by atoms with Crippen molar-refractivity contribution in [2.75, 3.05) is 26.4 Å². The third-order valence-corrected chi connectivity index (χ3v) is 7.13. The lowest BCUT2D eigenvalue weighted by Crippen LogP contribution is -2.43. The van der Waals surface area contributed by atoms with Crippen molar-refractivity contribution >= 4 is 0 Å². The van der Waals surface area contributed by atoms with Crippen molar-refractivity contribution in [2.45, 2.75) is 58.2 Å². The predicted octanol–water partition coefficient (Wildman–Crippen LogP) is 5.62. The molecule has 2 aliphatic rings. The second-order valence-electron chi connectivity index (χ2n) is 9.38. The standard InChI is InChI=1S/C27H36O4/c1-5-19-15-30-25(19)17-28-23-11-7-21(8-12-23)27(3,4)22-9-13-24(14-10-22)29-18-26-20(6-2)16-31-26/h7-14,19-20,25-26H,5-6,15-18H2,1-4H3. The normalized spacial score (nSPS) is 25.4. The molecule has 2 fully saturated rings. The van der Waals surface area contributed by atoms with Crippen LogP contribution in [0, 0.1) is 11.8 Å². The van der Waals surface area contributed by atoms with E-state index in [1.807, 2.05) is 0 Å². The molecule has 4 unspecified atom stereocenters. The molecule has 0 saturated carbocycles. The summed E-state index contributed by atoms with van der Waals surface area (Å²) in [5.74, 6) is 3.08. The fourth-order valence-electron chi connectivity index (χ4n) is 4.33. The van der Waals surface area contributed by atoms with E-state index in [1.54, 1.807) is 0 Å². The third-order valence-electron chi connectivity index (χ3n) is 7.13. The summed E-state index contributed by atoms with van der Waals surface area (Å²) in [6.45, 7) is 11.9. The van der Waals surface area contributed by atoms with Gasteiger partial charge in [0.05, 0.1) is 25.4 Å². The summed E-state index contributed by atoms with van der Waals surface area (Å²) in [6.07, 6.45) is 2.79. The Bertz CT molecular complexity index is 754. The molecule has 2 aromatic rings. The number of ether oxygens (including phenoxy) is 4. The maximum atomic E-state index is 5.96. The van der Waals surface area contributed by atoms with Crippen LogP contribution in [0.3, 0.4) is 0 Å². The summed E-state index contributed by atoms with van der Waals surface area (Å²) in [5.41, 5.74) is 2.41. The van der Waals surface area contributed by atoms with Gasteiger partial charge in [-0.2, -0.15) is 0 Å². The fourth-order valence-corrected chi connectivity index (χ4v) is 4.33. The van der Waals surface area contributed by atoms with E-state index < -0.39 is 0 Å². The molecule has 168 valence electrons. The molecule has 2 aliphatic heterocycles. The van der Waals surface area contributed by atoms with Crippen LogP contribution in [0.15, 0.2) is 48.5 Å². The van der Waals surface area contributed by atoms with Crippen molar-refractivity contribution in [3.63, 3.8) is 0 Å². The maximum absolute atomic E-state index is 5.96. The molecule has 0 aromatic heterocycles. The van der Waals surface area contributed by atoms with E-state index in [0.717, 1.165) is 37.6 Å². The topological polar surface area (TPSA) is 36.9 Å². The molecule has 0 N–H and O–H groups in total. The first-order valence-corrected chi connectivity index (χ1v) is 11.7. The molecule has 2 heterocycles. The first kappa shape index (κ1) is 22.2. The molecule has 2 aromatic carbocycles. The highest BCUT2D eigenvalue weighted by atomic mass is 16.6. The Kier molecular flexibility index (Phi) is 6.88. The highest BCUT2D eigenvalue weighted by Crippen LogP contribution is 2.34. The molecule has 0 bridgehead atoms.